The Morgan fingerprint density at radius 2 is 1.92 bits per heavy atom. The first-order valence-corrected chi connectivity index (χ1v) is 13.0. The van der Waals surface area contributed by atoms with Crippen LogP contribution in [0.3, 0.4) is 0 Å². The maximum atomic E-state index is 14.9. The van der Waals surface area contributed by atoms with Crippen molar-refractivity contribution < 1.29 is 14.3 Å². The summed E-state index contributed by atoms with van der Waals surface area (Å²) in [6, 6.07) is 9.39. The standard InChI is InChI=1S/C28H28ClFN6O3/c1-15(2)22-24(16(3)9-10-31-22)36-26-19(13-20(29)23(32-26)18-7-5-6-8-21(18)30)25(33-27(36)37)35-12-11-34(28(38)39)14-17(35)4/h5-10,13,15,17H,11-12,14H2,1-4H3,(H,38,39)/t17-/m0/s1. The van der Waals surface area contributed by atoms with E-state index >= 15 is 0 Å². The molecule has 1 aliphatic rings. The van der Waals surface area contributed by atoms with Crippen LogP contribution in [0.15, 0.2) is 47.4 Å². The number of carbonyl (C=O) groups is 1. The smallest absolute Gasteiger partial charge is 0.407 e. The normalized spacial score (nSPS) is 15.8. The molecule has 9 nitrogen and oxygen atoms in total. The number of benzene rings is 1. The summed E-state index contributed by atoms with van der Waals surface area (Å²) in [6.07, 6.45) is 0.698. The number of carboxylic acid groups (broad SMARTS) is 1. The van der Waals surface area contributed by atoms with Gasteiger partial charge in [0.15, 0.2) is 5.65 Å². The lowest BCUT2D eigenvalue weighted by Crippen LogP contribution is -2.54. The average Bonchev–Trinajstić information content (AvgIpc) is 2.89. The molecule has 0 radical (unpaired) electrons. The molecule has 4 heterocycles. The van der Waals surface area contributed by atoms with Crippen molar-refractivity contribution in [2.75, 3.05) is 24.5 Å². The molecule has 1 saturated heterocycles. The van der Waals surface area contributed by atoms with Gasteiger partial charge in [-0.2, -0.15) is 4.98 Å². The molecule has 39 heavy (non-hydrogen) atoms. The number of amides is 1. The van der Waals surface area contributed by atoms with Gasteiger partial charge in [0.05, 0.1) is 27.5 Å². The van der Waals surface area contributed by atoms with E-state index in [-0.39, 0.29) is 47.0 Å². The number of nitrogens with zero attached hydrogens (tertiary/aromatic N) is 6. The molecule has 1 atom stereocenters. The van der Waals surface area contributed by atoms with Gasteiger partial charge in [0.2, 0.25) is 0 Å². The van der Waals surface area contributed by atoms with E-state index in [1.807, 2.05) is 38.7 Å². The highest BCUT2D eigenvalue weighted by atomic mass is 35.5. The largest absolute Gasteiger partial charge is 0.465 e. The Balaban J connectivity index is 1.84. The highest BCUT2D eigenvalue weighted by molar-refractivity contribution is 6.33. The molecule has 1 amide bonds. The van der Waals surface area contributed by atoms with Gasteiger partial charge in [-0.1, -0.05) is 37.6 Å². The monoisotopic (exact) mass is 550 g/mol. The number of pyridine rings is 2. The second-order valence-electron chi connectivity index (χ2n) is 10.0. The molecule has 0 spiro atoms. The number of aryl methyl sites for hydroxylation is 1. The molecule has 1 aromatic carbocycles. The molecule has 1 aliphatic heterocycles. The van der Waals surface area contributed by atoms with Gasteiger partial charge in [0, 0.05) is 37.4 Å². The molecule has 1 N–H and O–H groups in total. The zero-order valence-electron chi connectivity index (χ0n) is 22.0. The lowest BCUT2D eigenvalue weighted by molar-refractivity contribution is 0.136. The summed E-state index contributed by atoms with van der Waals surface area (Å²) in [6.45, 7) is 8.55. The van der Waals surface area contributed by atoms with Crippen LogP contribution in [-0.2, 0) is 0 Å². The number of aromatic nitrogens is 4. The van der Waals surface area contributed by atoms with Crippen LogP contribution in [0.4, 0.5) is 15.0 Å². The van der Waals surface area contributed by atoms with Gasteiger partial charge in [0.25, 0.3) is 0 Å². The zero-order valence-corrected chi connectivity index (χ0v) is 22.8. The Labute approximate surface area is 229 Å². The summed E-state index contributed by atoms with van der Waals surface area (Å²) >= 11 is 6.71. The number of piperazine rings is 1. The molecule has 0 saturated carbocycles. The summed E-state index contributed by atoms with van der Waals surface area (Å²) in [5.74, 6) is -0.150. The van der Waals surface area contributed by atoms with Crippen molar-refractivity contribution in [2.24, 2.45) is 0 Å². The molecule has 0 aliphatic carbocycles. The van der Waals surface area contributed by atoms with Gasteiger partial charge in [0.1, 0.15) is 11.6 Å². The Bertz CT molecular complexity index is 1660. The van der Waals surface area contributed by atoms with Gasteiger partial charge in [-0.25, -0.2) is 23.5 Å². The van der Waals surface area contributed by atoms with Gasteiger partial charge in [-0.15, -0.1) is 0 Å². The fourth-order valence-electron chi connectivity index (χ4n) is 5.10. The highest BCUT2D eigenvalue weighted by Crippen LogP contribution is 2.36. The third-order valence-corrected chi connectivity index (χ3v) is 7.31. The summed E-state index contributed by atoms with van der Waals surface area (Å²) in [5, 5.41) is 10.2. The van der Waals surface area contributed by atoms with Crippen molar-refractivity contribution in [1.29, 1.82) is 0 Å². The molecule has 1 fully saturated rings. The van der Waals surface area contributed by atoms with Crippen molar-refractivity contribution in [3.8, 4) is 16.9 Å². The predicted octanol–water partition coefficient (Wildman–Crippen LogP) is 5.26. The molecule has 5 rings (SSSR count). The minimum Gasteiger partial charge on any atom is -0.465 e. The van der Waals surface area contributed by atoms with E-state index < -0.39 is 17.6 Å². The van der Waals surface area contributed by atoms with Gasteiger partial charge >= 0.3 is 11.8 Å². The van der Waals surface area contributed by atoms with Crippen LogP contribution in [-0.4, -0.2) is 61.3 Å². The van der Waals surface area contributed by atoms with Gasteiger partial charge in [-0.05, 0) is 49.6 Å². The van der Waals surface area contributed by atoms with E-state index in [9.17, 15) is 19.1 Å². The van der Waals surface area contributed by atoms with E-state index in [2.05, 4.69) is 9.97 Å². The fraction of sp³-hybridized carbons (Fsp3) is 0.321. The maximum absolute atomic E-state index is 14.9. The number of hydrogen-bond donors (Lipinski definition) is 1. The molecular formula is C28H28ClFN6O3. The lowest BCUT2D eigenvalue weighted by Gasteiger charge is -2.39. The second kappa shape index (κ2) is 10.3. The Morgan fingerprint density at radius 3 is 2.59 bits per heavy atom. The number of rotatable bonds is 4. The van der Waals surface area contributed by atoms with Crippen LogP contribution in [0.1, 0.15) is 37.9 Å². The van der Waals surface area contributed by atoms with Crippen LogP contribution in [0.2, 0.25) is 5.02 Å². The second-order valence-corrected chi connectivity index (χ2v) is 10.4. The zero-order chi connectivity index (χ0) is 28.0. The highest BCUT2D eigenvalue weighted by Gasteiger charge is 2.31. The van der Waals surface area contributed by atoms with E-state index in [0.717, 1.165) is 5.56 Å². The van der Waals surface area contributed by atoms with Crippen molar-refractivity contribution in [3.63, 3.8) is 0 Å². The average molecular weight is 551 g/mol. The quantitative estimate of drug-likeness (QED) is 0.370. The number of anilines is 1. The van der Waals surface area contributed by atoms with E-state index in [4.69, 9.17) is 16.6 Å². The molecule has 0 unspecified atom stereocenters. The topological polar surface area (TPSA) is 104 Å². The molecule has 3 aromatic heterocycles. The summed E-state index contributed by atoms with van der Waals surface area (Å²) in [4.78, 5) is 42.5. The maximum Gasteiger partial charge on any atom is 0.407 e. The number of fused-ring (bicyclic) bond motifs is 1. The van der Waals surface area contributed by atoms with Crippen LogP contribution >= 0.6 is 11.6 Å². The first-order valence-electron chi connectivity index (χ1n) is 12.7. The van der Waals surface area contributed by atoms with E-state index in [1.54, 1.807) is 30.5 Å². The summed E-state index contributed by atoms with van der Waals surface area (Å²) in [7, 11) is 0. The third kappa shape index (κ3) is 4.69. The predicted molar refractivity (Wildman–Crippen MR) is 149 cm³/mol. The Hall–Kier alpha value is -4.05. The van der Waals surface area contributed by atoms with Crippen molar-refractivity contribution >= 4 is 34.5 Å². The lowest BCUT2D eigenvalue weighted by atomic mass is 10.0. The number of hydrogen-bond acceptors (Lipinski definition) is 6. The minimum atomic E-state index is -0.998. The first kappa shape index (κ1) is 26.6. The van der Waals surface area contributed by atoms with Crippen molar-refractivity contribution in [1.82, 2.24) is 24.4 Å². The van der Waals surface area contributed by atoms with Crippen molar-refractivity contribution in [3.05, 3.63) is 75.2 Å². The van der Waals surface area contributed by atoms with Gasteiger partial charge < -0.3 is 14.9 Å². The van der Waals surface area contributed by atoms with Crippen LogP contribution in [0.25, 0.3) is 28.0 Å². The number of halogens is 2. The Morgan fingerprint density at radius 1 is 1.18 bits per heavy atom. The van der Waals surface area contributed by atoms with Crippen molar-refractivity contribution in [2.45, 2.75) is 39.7 Å². The minimum absolute atomic E-state index is 0.0102. The molecule has 11 heteroatoms. The van der Waals surface area contributed by atoms with Crippen LogP contribution < -0.4 is 10.6 Å². The van der Waals surface area contributed by atoms with E-state index in [0.29, 0.717) is 29.1 Å². The third-order valence-electron chi connectivity index (χ3n) is 7.03. The first-order chi connectivity index (χ1) is 18.6. The SMILES string of the molecule is Cc1ccnc(C(C)C)c1-n1c(=O)nc(N2CCN(C(=O)O)C[C@@H]2C)c2cc(Cl)c(-c3ccccc3F)nc21. The summed E-state index contributed by atoms with van der Waals surface area (Å²) < 4.78 is 16.3. The molecule has 202 valence electrons. The molecule has 0 bridgehead atoms. The van der Waals surface area contributed by atoms with E-state index in [1.165, 1.54) is 15.5 Å². The van der Waals surface area contributed by atoms with Crippen LogP contribution in [0, 0.1) is 12.7 Å². The van der Waals surface area contributed by atoms with Crippen LogP contribution in [0.5, 0.6) is 0 Å². The van der Waals surface area contributed by atoms with Gasteiger partial charge in [-0.3, -0.25) is 4.98 Å². The fourth-order valence-corrected chi connectivity index (χ4v) is 5.35. The summed E-state index contributed by atoms with van der Waals surface area (Å²) in [5.41, 5.74) is 2.16. The Kier molecular flexibility index (Phi) is 6.98. The molecular weight excluding hydrogens is 523 g/mol. The molecule has 4 aromatic rings.